The summed E-state index contributed by atoms with van der Waals surface area (Å²) in [5.74, 6) is -0.115. The Morgan fingerprint density at radius 2 is 2.06 bits per heavy atom. The summed E-state index contributed by atoms with van der Waals surface area (Å²) in [6.07, 6.45) is 1.18. The fourth-order valence-corrected chi connectivity index (χ4v) is 2.28. The number of carbonyl (C=O) groups is 2. The molecule has 0 bridgehead atoms. The van der Waals surface area contributed by atoms with E-state index in [9.17, 15) is 9.59 Å². The molecular weight excluding hydrogens is 212 g/mol. The van der Waals surface area contributed by atoms with Gasteiger partial charge in [0.05, 0.1) is 19.3 Å². The molecule has 1 spiro atoms. The zero-order valence-electron chi connectivity index (χ0n) is 8.90. The molecule has 3 amide bonds. The molecule has 0 aliphatic carbocycles. The molecule has 0 saturated carbocycles. The lowest BCUT2D eigenvalue weighted by Gasteiger charge is -2.30. The molecular formula is C10H14N2O4. The van der Waals surface area contributed by atoms with Crippen LogP contribution >= 0.6 is 0 Å². The first-order valence-corrected chi connectivity index (χ1v) is 5.55. The molecule has 1 N–H and O–H groups in total. The topological polar surface area (TPSA) is 71.2 Å². The molecule has 6 heteroatoms. The van der Waals surface area contributed by atoms with E-state index >= 15 is 0 Å². The van der Waals surface area contributed by atoms with Gasteiger partial charge in [-0.05, 0) is 0 Å². The number of nitrogens with zero attached hydrogens (tertiary/aromatic N) is 1. The van der Waals surface area contributed by atoms with Crippen LogP contribution in [0, 0.1) is 0 Å². The summed E-state index contributed by atoms with van der Waals surface area (Å²) >= 11 is 0. The Balaban J connectivity index is 1.77. The van der Waals surface area contributed by atoms with Crippen LogP contribution in [0.1, 0.15) is 12.8 Å². The maximum Gasteiger partial charge on any atom is 0.325 e. The monoisotopic (exact) mass is 226 g/mol. The van der Waals surface area contributed by atoms with Crippen LogP contribution in [0.4, 0.5) is 4.79 Å². The number of amides is 3. The van der Waals surface area contributed by atoms with E-state index in [-0.39, 0.29) is 18.0 Å². The SMILES string of the molecule is O=C1NC2(CCOCC2)C(=O)N1CC1CO1. The quantitative estimate of drug-likeness (QED) is 0.508. The molecule has 6 nitrogen and oxygen atoms in total. The van der Waals surface area contributed by atoms with Crippen molar-refractivity contribution in [3.8, 4) is 0 Å². The Bertz CT molecular complexity index is 334. The van der Waals surface area contributed by atoms with E-state index in [1.165, 1.54) is 4.90 Å². The van der Waals surface area contributed by atoms with Gasteiger partial charge in [0.2, 0.25) is 0 Å². The molecule has 3 aliphatic heterocycles. The lowest BCUT2D eigenvalue weighted by molar-refractivity contribution is -0.134. The van der Waals surface area contributed by atoms with Gasteiger partial charge in [-0.15, -0.1) is 0 Å². The first-order valence-electron chi connectivity index (χ1n) is 5.55. The molecule has 1 atom stereocenters. The standard InChI is InChI=1S/C10H14N2O4/c13-8-10(1-3-15-4-2-10)11-9(14)12(8)5-7-6-16-7/h7H,1-6H2,(H,11,14). The van der Waals surface area contributed by atoms with Gasteiger partial charge in [0.1, 0.15) is 5.54 Å². The van der Waals surface area contributed by atoms with Gasteiger partial charge in [-0.3, -0.25) is 9.69 Å². The number of urea groups is 1. The molecule has 3 heterocycles. The number of epoxide rings is 1. The predicted molar refractivity (Wildman–Crippen MR) is 52.8 cm³/mol. The Labute approximate surface area is 92.9 Å². The van der Waals surface area contributed by atoms with Crippen LogP contribution in [-0.4, -0.2) is 54.8 Å². The van der Waals surface area contributed by atoms with Crippen LogP contribution in [-0.2, 0) is 14.3 Å². The largest absolute Gasteiger partial charge is 0.381 e. The molecule has 3 fully saturated rings. The molecule has 0 aromatic carbocycles. The molecule has 16 heavy (non-hydrogen) atoms. The second-order valence-corrected chi connectivity index (χ2v) is 4.50. The second-order valence-electron chi connectivity index (χ2n) is 4.50. The van der Waals surface area contributed by atoms with Crippen molar-refractivity contribution < 1.29 is 19.1 Å². The van der Waals surface area contributed by atoms with Gasteiger partial charge < -0.3 is 14.8 Å². The molecule has 0 aromatic heterocycles. The number of ether oxygens (including phenoxy) is 2. The summed E-state index contributed by atoms with van der Waals surface area (Å²) in [7, 11) is 0. The van der Waals surface area contributed by atoms with Gasteiger partial charge in [-0.2, -0.15) is 0 Å². The van der Waals surface area contributed by atoms with Crippen molar-refractivity contribution in [2.45, 2.75) is 24.5 Å². The zero-order chi connectivity index (χ0) is 11.2. The molecule has 0 aromatic rings. The molecule has 1 unspecified atom stereocenters. The number of nitrogens with one attached hydrogen (secondary N) is 1. The number of imide groups is 1. The Morgan fingerprint density at radius 3 is 2.69 bits per heavy atom. The van der Waals surface area contributed by atoms with Crippen molar-refractivity contribution in [2.24, 2.45) is 0 Å². The molecule has 3 rings (SSSR count). The normalized spacial score (nSPS) is 32.0. The number of carbonyl (C=O) groups excluding carboxylic acids is 2. The van der Waals surface area contributed by atoms with Crippen molar-refractivity contribution in [2.75, 3.05) is 26.4 Å². The molecule has 0 radical (unpaired) electrons. The van der Waals surface area contributed by atoms with Gasteiger partial charge in [-0.1, -0.05) is 0 Å². The van der Waals surface area contributed by atoms with Gasteiger partial charge in [0.25, 0.3) is 5.91 Å². The highest BCUT2D eigenvalue weighted by atomic mass is 16.6. The minimum Gasteiger partial charge on any atom is -0.381 e. The highest BCUT2D eigenvalue weighted by Crippen LogP contribution is 2.29. The molecule has 3 saturated heterocycles. The second kappa shape index (κ2) is 3.43. The number of hydrogen-bond acceptors (Lipinski definition) is 4. The van der Waals surface area contributed by atoms with E-state index in [2.05, 4.69) is 5.32 Å². The maximum atomic E-state index is 12.2. The molecule has 88 valence electrons. The van der Waals surface area contributed by atoms with Gasteiger partial charge in [0.15, 0.2) is 0 Å². The fourth-order valence-electron chi connectivity index (χ4n) is 2.28. The van der Waals surface area contributed by atoms with E-state index in [0.717, 1.165) is 0 Å². The van der Waals surface area contributed by atoms with Crippen molar-refractivity contribution in [3.05, 3.63) is 0 Å². The first-order chi connectivity index (χ1) is 7.71. The fraction of sp³-hybridized carbons (Fsp3) is 0.800. The van der Waals surface area contributed by atoms with Gasteiger partial charge >= 0.3 is 6.03 Å². The highest BCUT2D eigenvalue weighted by Gasteiger charge is 2.52. The van der Waals surface area contributed by atoms with E-state index < -0.39 is 5.54 Å². The number of rotatable bonds is 2. The van der Waals surface area contributed by atoms with Crippen LogP contribution in [0.5, 0.6) is 0 Å². The summed E-state index contributed by atoms with van der Waals surface area (Å²) < 4.78 is 10.3. The third-order valence-corrected chi connectivity index (χ3v) is 3.38. The van der Waals surface area contributed by atoms with Crippen LogP contribution in [0.15, 0.2) is 0 Å². The average Bonchev–Trinajstić information content (AvgIpc) is 3.06. The van der Waals surface area contributed by atoms with Crippen LogP contribution in [0.25, 0.3) is 0 Å². The average molecular weight is 226 g/mol. The van der Waals surface area contributed by atoms with Crippen LogP contribution in [0.2, 0.25) is 0 Å². The van der Waals surface area contributed by atoms with Crippen molar-refractivity contribution in [3.63, 3.8) is 0 Å². The lowest BCUT2D eigenvalue weighted by atomic mass is 9.90. The Kier molecular flexibility index (Phi) is 2.15. The van der Waals surface area contributed by atoms with E-state index in [4.69, 9.17) is 9.47 Å². The zero-order valence-corrected chi connectivity index (χ0v) is 8.90. The Morgan fingerprint density at radius 1 is 1.38 bits per heavy atom. The smallest absolute Gasteiger partial charge is 0.325 e. The first kappa shape index (κ1) is 10.0. The predicted octanol–water partition coefficient (Wildman–Crippen LogP) is -0.514. The third-order valence-electron chi connectivity index (χ3n) is 3.38. The van der Waals surface area contributed by atoms with Crippen LogP contribution in [0.3, 0.4) is 0 Å². The summed E-state index contributed by atoms with van der Waals surface area (Å²) in [5, 5.41) is 2.80. The van der Waals surface area contributed by atoms with Crippen LogP contribution < -0.4 is 5.32 Å². The maximum absolute atomic E-state index is 12.2. The number of hydrogen-bond donors (Lipinski definition) is 1. The lowest BCUT2D eigenvalue weighted by Crippen LogP contribution is -2.51. The highest BCUT2D eigenvalue weighted by molar-refractivity contribution is 6.07. The van der Waals surface area contributed by atoms with E-state index in [1.54, 1.807) is 0 Å². The summed E-state index contributed by atoms with van der Waals surface area (Å²) in [5.41, 5.74) is -0.704. The Hall–Kier alpha value is -1.14. The van der Waals surface area contributed by atoms with Crippen molar-refractivity contribution in [1.82, 2.24) is 10.2 Å². The van der Waals surface area contributed by atoms with Gasteiger partial charge in [0, 0.05) is 26.1 Å². The minimum atomic E-state index is -0.704. The molecule has 3 aliphatic rings. The van der Waals surface area contributed by atoms with Gasteiger partial charge in [-0.25, -0.2) is 4.79 Å². The minimum absolute atomic E-state index is 0.0460. The van der Waals surface area contributed by atoms with Crippen molar-refractivity contribution >= 4 is 11.9 Å². The third kappa shape index (κ3) is 1.49. The summed E-state index contributed by atoms with van der Waals surface area (Å²) in [6.45, 7) is 2.08. The summed E-state index contributed by atoms with van der Waals surface area (Å²) in [4.78, 5) is 25.2. The van der Waals surface area contributed by atoms with Crippen molar-refractivity contribution in [1.29, 1.82) is 0 Å². The van der Waals surface area contributed by atoms with E-state index in [1.807, 2.05) is 0 Å². The van der Waals surface area contributed by atoms with E-state index in [0.29, 0.717) is 39.2 Å². The summed E-state index contributed by atoms with van der Waals surface area (Å²) in [6, 6.07) is -0.289.